The van der Waals surface area contributed by atoms with Gasteiger partial charge in [0.25, 0.3) is 0 Å². The van der Waals surface area contributed by atoms with Gasteiger partial charge in [-0.15, -0.1) is 0 Å². The van der Waals surface area contributed by atoms with Crippen molar-refractivity contribution in [3.05, 3.63) is 84.9 Å². The number of carbonyl (C=O) groups excluding carboxylic acids is 1. The molecule has 29 heavy (non-hydrogen) atoms. The number of nitrogens with one attached hydrogen (secondary N) is 1. The molecule has 0 aromatic heterocycles. The molecule has 0 saturated heterocycles. The van der Waals surface area contributed by atoms with Gasteiger partial charge in [0, 0.05) is 5.69 Å². The number of hydrogen-bond acceptors (Lipinski definition) is 4. The van der Waals surface area contributed by atoms with Crippen LogP contribution in [0.3, 0.4) is 0 Å². The molecular weight excluding hydrogens is 388 g/mol. The van der Waals surface area contributed by atoms with E-state index in [0.29, 0.717) is 22.9 Å². The summed E-state index contributed by atoms with van der Waals surface area (Å²) in [7, 11) is -3.69. The van der Waals surface area contributed by atoms with Gasteiger partial charge in [-0.05, 0) is 55.5 Å². The average Bonchev–Trinajstić information content (AvgIpc) is 2.70. The molecule has 0 saturated carbocycles. The first-order valence-corrected chi connectivity index (χ1v) is 10.9. The molecule has 150 valence electrons. The Hall–Kier alpha value is -3.32. The van der Waals surface area contributed by atoms with Gasteiger partial charge in [-0.3, -0.25) is 9.10 Å². The van der Waals surface area contributed by atoms with Gasteiger partial charge in [0.1, 0.15) is 17.5 Å². The number of amides is 1. The van der Waals surface area contributed by atoms with Crippen LogP contribution in [0.4, 0.5) is 11.4 Å². The van der Waals surface area contributed by atoms with Crippen LogP contribution >= 0.6 is 0 Å². The van der Waals surface area contributed by atoms with Crippen molar-refractivity contribution in [1.29, 1.82) is 0 Å². The molecule has 0 aliphatic heterocycles. The molecule has 0 spiro atoms. The zero-order valence-electron chi connectivity index (χ0n) is 16.1. The van der Waals surface area contributed by atoms with E-state index >= 15 is 0 Å². The zero-order chi connectivity index (χ0) is 20.9. The third-order valence-electron chi connectivity index (χ3n) is 4.20. The number of anilines is 2. The highest BCUT2D eigenvalue weighted by molar-refractivity contribution is 7.92. The number of nitrogens with zero attached hydrogens (tertiary/aromatic N) is 1. The summed E-state index contributed by atoms with van der Waals surface area (Å²) in [6, 6.07) is 23.8. The molecule has 0 heterocycles. The van der Waals surface area contributed by atoms with Crippen LogP contribution in [0.15, 0.2) is 84.9 Å². The summed E-state index contributed by atoms with van der Waals surface area (Å²) in [6.07, 6.45) is 1.08. The number of rotatable bonds is 7. The van der Waals surface area contributed by atoms with Crippen LogP contribution in [0, 0.1) is 0 Å². The second-order valence-electron chi connectivity index (χ2n) is 6.50. The van der Waals surface area contributed by atoms with E-state index in [1.54, 1.807) is 55.5 Å². The van der Waals surface area contributed by atoms with E-state index < -0.39 is 22.0 Å². The topological polar surface area (TPSA) is 75.7 Å². The lowest BCUT2D eigenvalue weighted by Gasteiger charge is -2.28. The molecule has 0 fully saturated rings. The fourth-order valence-corrected chi connectivity index (χ4v) is 4.04. The molecule has 0 aliphatic carbocycles. The summed E-state index contributed by atoms with van der Waals surface area (Å²) in [5.74, 6) is 0.817. The maximum atomic E-state index is 12.6. The molecule has 0 unspecified atom stereocenters. The Morgan fingerprint density at radius 3 is 1.93 bits per heavy atom. The van der Waals surface area contributed by atoms with Crippen molar-refractivity contribution in [2.75, 3.05) is 15.9 Å². The lowest BCUT2D eigenvalue weighted by Crippen LogP contribution is -2.45. The summed E-state index contributed by atoms with van der Waals surface area (Å²) in [5, 5.41) is 2.74. The lowest BCUT2D eigenvalue weighted by atomic mass is 10.2. The fourth-order valence-electron chi connectivity index (χ4n) is 2.86. The third kappa shape index (κ3) is 5.36. The average molecular weight is 410 g/mol. The second-order valence-corrected chi connectivity index (χ2v) is 8.36. The van der Waals surface area contributed by atoms with E-state index in [9.17, 15) is 13.2 Å². The van der Waals surface area contributed by atoms with Crippen LogP contribution in [0.2, 0.25) is 0 Å². The minimum absolute atomic E-state index is 0.378. The van der Waals surface area contributed by atoms with Crippen LogP contribution in [0.25, 0.3) is 0 Å². The zero-order valence-corrected chi connectivity index (χ0v) is 17.0. The normalized spacial score (nSPS) is 12.1. The SMILES string of the molecule is C[C@@H](C(=O)Nc1ccccc1)N(c1ccc(Oc2ccccc2)cc1)S(C)(=O)=O. The van der Waals surface area contributed by atoms with E-state index in [2.05, 4.69) is 5.32 Å². The number of sulfonamides is 1. The minimum atomic E-state index is -3.69. The molecule has 1 amide bonds. The largest absolute Gasteiger partial charge is 0.457 e. The number of para-hydroxylation sites is 2. The summed E-state index contributed by atoms with van der Waals surface area (Å²) >= 11 is 0. The van der Waals surface area contributed by atoms with Gasteiger partial charge >= 0.3 is 0 Å². The van der Waals surface area contributed by atoms with Gasteiger partial charge in [0.05, 0.1) is 11.9 Å². The molecule has 0 radical (unpaired) electrons. The Kier molecular flexibility index (Phi) is 6.19. The molecule has 0 bridgehead atoms. The molecule has 3 aromatic rings. The smallest absolute Gasteiger partial charge is 0.247 e. The van der Waals surface area contributed by atoms with Gasteiger partial charge in [-0.1, -0.05) is 36.4 Å². The van der Waals surface area contributed by atoms with E-state index in [0.717, 1.165) is 10.6 Å². The van der Waals surface area contributed by atoms with E-state index in [-0.39, 0.29) is 0 Å². The quantitative estimate of drug-likeness (QED) is 0.631. The van der Waals surface area contributed by atoms with E-state index in [1.165, 1.54) is 0 Å². The predicted molar refractivity (Wildman–Crippen MR) is 115 cm³/mol. The molecule has 0 aliphatic rings. The van der Waals surface area contributed by atoms with Gasteiger partial charge in [-0.2, -0.15) is 0 Å². The molecule has 3 aromatic carbocycles. The Morgan fingerprint density at radius 1 is 0.862 bits per heavy atom. The standard InChI is InChI=1S/C22H22N2O4S/c1-17(22(25)23-18-9-5-3-6-10-18)24(29(2,26)27)19-13-15-21(16-14-19)28-20-11-7-4-8-12-20/h3-17H,1-2H3,(H,23,25)/t17-/m0/s1. The number of benzene rings is 3. The predicted octanol–water partition coefficient (Wildman–Crippen LogP) is 4.27. The minimum Gasteiger partial charge on any atom is -0.457 e. The summed E-state index contributed by atoms with van der Waals surface area (Å²) < 4.78 is 31.7. The van der Waals surface area contributed by atoms with Crippen molar-refractivity contribution in [3.8, 4) is 11.5 Å². The van der Waals surface area contributed by atoms with Crippen LogP contribution in [-0.2, 0) is 14.8 Å². The maximum absolute atomic E-state index is 12.6. The van der Waals surface area contributed by atoms with Crippen molar-refractivity contribution >= 4 is 27.3 Å². The van der Waals surface area contributed by atoms with Gasteiger partial charge < -0.3 is 10.1 Å². The van der Waals surface area contributed by atoms with Crippen molar-refractivity contribution in [2.45, 2.75) is 13.0 Å². The molecule has 3 rings (SSSR count). The van der Waals surface area contributed by atoms with Crippen LogP contribution < -0.4 is 14.4 Å². The van der Waals surface area contributed by atoms with Crippen molar-refractivity contribution in [1.82, 2.24) is 0 Å². The van der Waals surface area contributed by atoms with Crippen molar-refractivity contribution in [3.63, 3.8) is 0 Å². The molecular formula is C22H22N2O4S. The van der Waals surface area contributed by atoms with E-state index in [4.69, 9.17) is 4.74 Å². The molecule has 1 atom stereocenters. The van der Waals surface area contributed by atoms with Crippen LogP contribution in [0.5, 0.6) is 11.5 Å². The Morgan fingerprint density at radius 2 is 1.38 bits per heavy atom. The second kappa shape index (κ2) is 8.79. The first kappa shape index (κ1) is 20.4. The first-order chi connectivity index (χ1) is 13.8. The van der Waals surface area contributed by atoms with Crippen LogP contribution in [0.1, 0.15) is 6.92 Å². The number of ether oxygens (including phenoxy) is 1. The summed E-state index contributed by atoms with van der Waals surface area (Å²) in [6.45, 7) is 1.55. The fraction of sp³-hybridized carbons (Fsp3) is 0.136. The maximum Gasteiger partial charge on any atom is 0.247 e. The monoisotopic (exact) mass is 410 g/mol. The molecule has 7 heteroatoms. The van der Waals surface area contributed by atoms with Crippen molar-refractivity contribution in [2.24, 2.45) is 0 Å². The Balaban J connectivity index is 1.80. The molecule has 1 N–H and O–H groups in total. The third-order valence-corrected chi connectivity index (χ3v) is 5.44. The van der Waals surface area contributed by atoms with Crippen LogP contribution in [-0.4, -0.2) is 26.6 Å². The number of hydrogen-bond donors (Lipinski definition) is 1. The van der Waals surface area contributed by atoms with Gasteiger partial charge in [-0.25, -0.2) is 8.42 Å². The summed E-state index contributed by atoms with van der Waals surface area (Å²) in [5.41, 5.74) is 0.980. The summed E-state index contributed by atoms with van der Waals surface area (Å²) in [4.78, 5) is 12.6. The first-order valence-electron chi connectivity index (χ1n) is 9.03. The number of carbonyl (C=O) groups is 1. The van der Waals surface area contributed by atoms with Gasteiger partial charge in [0.15, 0.2) is 0 Å². The van der Waals surface area contributed by atoms with Crippen molar-refractivity contribution < 1.29 is 17.9 Å². The highest BCUT2D eigenvalue weighted by atomic mass is 32.2. The highest BCUT2D eigenvalue weighted by Crippen LogP contribution is 2.27. The lowest BCUT2D eigenvalue weighted by molar-refractivity contribution is -0.116. The van der Waals surface area contributed by atoms with E-state index in [1.807, 2.05) is 36.4 Å². The molecule has 6 nitrogen and oxygen atoms in total. The van der Waals surface area contributed by atoms with Gasteiger partial charge in [0.2, 0.25) is 15.9 Å². The highest BCUT2D eigenvalue weighted by Gasteiger charge is 2.29. The Bertz CT molecular complexity index is 1050. The Labute approximate surface area is 170 Å².